The molecule has 0 bridgehead atoms. The van der Waals surface area contributed by atoms with Crippen LogP contribution in [0.3, 0.4) is 0 Å². The van der Waals surface area contributed by atoms with Gasteiger partial charge in [0, 0.05) is 17.8 Å². The maximum atomic E-state index is 13.7. The van der Waals surface area contributed by atoms with Crippen LogP contribution in [0, 0.1) is 13.8 Å². The average molecular weight is 406 g/mol. The fraction of sp³-hybridized carbons (Fsp3) is 0.435. The fourth-order valence-electron chi connectivity index (χ4n) is 3.29. The van der Waals surface area contributed by atoms with E-state index in [0.29, 0.717) is 5.56 Å². The number of hydrogen-bond donors (Lipinski definition) is 1. The lowest BCUT2D eigenvalue weighted by molar-refractivity contribution is -0.138. The van der Waals surface area contributed by atoms with Gasteiger partial charge in [-0.15, -0.1) is 0 Å². The molecule has 0 heterocycles. The van der Waals surface area contributed by atoms with E-state index in [0.717, 1.165) is 43.1 Å². The summed E-state index contributed by atoms with van der Waals surface area (Å²) in [6, 6.07) is 9.27. The largest absolute Gasteiger partial charge is 0.416 e. The number of rotatable bonds is 8. The van der Waals surface area contributed by atoms with Crippen LogP contribution in [0.4, 0.5) is 18.9 Å². The number of alkyl halides is 3. The van der Waals surface area contributed by atoms with Crippen molar-refractivity contribution >= 4 is 11.6 Å². The molecule has 2 aromatic rings. The third-order valence-corrected chi connectivity index (χ3v) is 4.92. The van der Waals surface area contributed by atoms with Crippen molar-refractivity contribution in [1.29, 1.82) is 0 Å². The molecule has 2 aromatic carbocycles. The Morgan fingerprint density at radius 3 is 2.17 bits per heavy atom. The molecule has 2 rings (SSSR count). The smallest absolute Gasteiger partial charge is 0.322 e. The summed E-state index contributed by atoms with van der Waals surface area (Å²) in [6.07, 6.45) is -2.72. The minimum Gasteiger partial charge on any atom is -0.322 e. The van der Waals surface area contributed by atoms with Gasteiger partial charge in [0.2, 0.25) is 0 Å². The Balaban J connectivity index is 2.28. The summed E-state index contributed by atoms with van der Waals surface area (Å²) in [7, 11) is 0. The number of benzene rings is 2. The van der Waals surface area contributed by atoms with Crippen molar-refractivity contribution in [2.75, 3.05) is 18.4 Å². The monoisotopic (exact) mass is 406 g/mol. The predicted molar refractivity (Wildman–Crippen MR) is 111 cm³/mol. The van der Waals surface area contributed by atoms with Crippen molar-refractivity contribution in [2.45, 2.75) is 53.3 Å². The molecule has 1 N–H and O–H groups in total. The number of carbonyl (C=O) groups is 1. The summed E-state index contributed by atoms with van der Waals surface area (Å²) in [5.74, 6) is -0.424. The number of nitrogens with one attached hydrogen (secondary N) is 1. The van der Waals surface area contributed by atoms with Gasteiger partial charge in [0.15, 0.2) is 0 Å². The molecule has 3 nitrogen and oxygen atoms in total. The molecule has 0 radical (unpaired) electrons. The Bertz CT molecular complexity index is 841. The molecule has 0 fully saturated rings. The van der Waals surface area contributed by atoms with Crippen LogP contribution in [0.25, 0.3) is 0 Å². The van der Waals surface area contributed by atoms with E-state index in [-0.39, 0.29) is 17.8 Å². The Kier molecular flexibility index (Phi) is 7.85. The van der Waals surface area contributed by atoms with E-state index < -0.39 is 17.6 Å². The molecule has 0 atom stereocenters. The highest BCUT2D eigenvalue weighted by Crippen LogP contribution is 2.34. The van der Waals surface area contributed by atoms with Crippen LogP contribution < -0.4 is 5.32 Å². The lowest BCUT2D eigenvalue weighted by atomic mass is 10.0. The molecule has 29 heavy (non-hydrogen) atoms. The first kappa shape index (κ1) is 22.9. The van der Waals surface area contributed by atoms with Crippen molar-refractivity contribution in [2.24, 2.45) is 0 Å². The first-order valence-electron chi connectivity index (χ1n) is 9.96. The second-order valence-corrected chi connectivity index (χ2v) is 7.40. The van der Waals surface area contributed by atoms with Crippen molar-refractivity contribution in [3.63, 3.8) is 0 Å². The van der Waals surface area contributed by atoms with Gasteiger partial charge >= 0.3 is 6.18 Å². The second-order valence-electron chi connectivity index (χ2n) is 7.40. The zero-order valence-corrected chi connectivity index (χ0v) is 17.5. The molecule has 1 amide bonds. The van der Waals surface area contributed by atoms with E-state index in [1.54, 1.807) is 18.2 Å². The summed E-state index contributed by atoms with van der Waals surface area (Å²) in [5, 5.41) is 2.60. The van der Waals surface area contributed by atoms with Crippen LogP contribution in [0.5, 0.6) is 0 Å². The number of anilines is 1. The molecule has 0 aliphatic carbocycles. The van der Waals surface area contributed by atoms with Crippen LogP contribution in [0.2, 0.25) is 0 Å². The normalized spacial score (nSPS) is 11.7. The first-order valence-corrected chi connectivity index (χ1v) is 9.96. The molecular formula is C23H29F3N2O. The van der Waals surface area contributed by atoms with Gasteiger partial charge in [0.05, 0.1) is 5.56 Å². The van der Waals surface area contributed by atoms with Crippen LogP contribution >= 0.6 is 0 Å². The average Bonchev–Trinajstić information content (AvgIpc) is 2.64. The molecule has 0 aromatic heterocycles. The highest BCUT2D eigenvalue weighted by atomic mass is 19.4. The van der Waals surface area contributed by atoms with Crippen LogP contribution in [-0.4, -0.2) is 23.9 Å². The minimum atomic E-state index is -4.49. The maximum absolute atomic E-state index is 13.7. The zero-order chi connectivity index (χ0) is 21.6. The Hall–Kier alpha value is -2.34. The van der Waals surface area contributed by atoms with E-state index >= 15 is 0 Å². The van der Waals surface area contributed by atoms with E-state index in [1.807, 2.05) is 38.7 Å². The van der Waals surface area contributed by atoms with Crippen molar-refractivity contribution in [3.05, 3.63) is 64.2 Å². The topological polar surface area (TPSA) is 32.3 Å². The molecule has 6 heteroatoms. The molecule has 0 saturated heterocycles. The van der Waals surface area contributed by atoms with Gasteiger partial charge in [-0.1, -0.05) is 26.0 Å². The molecule has 0 aliphatic heterocycles. The van der Waals surface area contributed by atoms with Crippen LogP contribution in [0.1, 0.15) is 59.3 Å². The third-order valence-electron chi connectivity index (χ3n) is 4.92. The molecule has 0 saturated carbocycles. The van der Waals surface area contributed by atoms with Gasteiger partial charge in [-0.2, -0.15) is 13.2 Å². The van der Waals surface area contributed by atoms with Crippen LogP contribution in [-0.2, 0) is 12.7 Å². The number of halogens is 3. The second kappa shape index (κ2) is 9.92. The van der Waals surface area contributed by atoms with Gasteiger partial charge in [-0.3, -0.25) is 9.69 Å². The zero-order valence-electron chi connectivity index (χ0n) is 17.5. The van der Waals surface area contributed by atoms with E-state index in [2.05, 4.69) is 5.32 Å². The Morgan fingerprint density at radius 1 is 0.966 bits per heavy atom. The van der Waals surface area contributed by atoms with Crippen molar-refractivity contribution in [3.8, 4) is 0 Å². The van der Waals surface area contributed by atoms with E-state index in [4.69, 9.17) is 0 Å². The molecule has 0 aliphatic rings. The highest BCUT2D eigenvalue weighted by Gasteiger charge is 2.34. The van der Waals surface area contributed by atoms with Crippen molar-refractivity contribution in [1.82, 2.24) is 4.90 Å². The maximum Gasteiger partial charge on any atom is 0.416 e. The lowest BCUT2D eigenvalue weighted by Crippen LogP contribution is -2.26. The van der Waals surface area contributed by atoms with Gasteiger partial charge in [-0.05, 0) is 80.7 Å². The highest BCUT2D eigenvalue weighted by molar-refractivity contribution is 6.04. The quantitative estimate of drug-likeness (QED) is 0.566. The van der Waals surface area contributed by atoms with Crippen LogP contribution in [0.15, 0.2) is 36.4 Å². The fourth-order valence-corrected chi connectivity index (χ4v) is 3.29. The third kappa shape index (κ3) is 6.32. The van der Waals surface area contributed by atoms with Gasteiger partial charge in [-0.25, -0.2) is 0 Å². The molecule has 0 unspecified atom stereocenters. The Morgan fingerprint density at radius 2 is 1.62 bits per heavy atom. The predicted octanol–water partition coefficient (Wildman–Crippen LogP) is 6.20. The number of carbonyl (C=O) groups excluding carboxylic acids is 1. The van der Waals surface area contributed by atoms with Gasteiger partial charge < -0.3 is 5.32 Å². The summed E-state index contributed by atoms with van der Waals surface area (Å²) in [5.41, 5.74) is 2.09. The SMILES string of the molecule is CCCN(CCC)Cc1ccc(NC(=O)c2ccc(C)c(C)c2)cc1C(F)(F)F. The van der Waals surface area contributed by atoms with E-state index in [9.17, 15) is 18.0 Å². The first-order chi connectivity index (χ1) is 13.7. The van der Waals surface area contributed by atoms with Gasteiger partial charge in [0.1, 0.15) is 0 Å². The summed E-state index contributed by atoms with van der Waals surface area (Å²) in [4.78, 5) is 14.5. The molecule has 0 spiro atoms. The minimum absolute atomic E-state index is 0.141. The number of hydrogen-bond acceptors (Lipinski definition) is 2. The summed E-state index contributed by atoms with van der Waals surface area (Å²) in [6.45, 7) is 9.58. The summed E-state index contributed by atoms with van der Waals surface area (Å²) >= 11 is 0. The van der Waals surface area contributed by atoms with E-state index in [1.165, 1.54) is 6.07 Å². The standard InChI is InChI=1S/C23H29F3N2O/c1-5-11-28(12-6-2)15-19-9-10-20(14-21(19)23(24,25)26)27-22(29)18-8-7-16(3)17(4)13-18/h7-10,13-14H,5-6,11-12,15H2,1-4H3,(H,27,29). The van der Waals surface area contributed by atoms with Gasteiger partial charge in [0.25, 0.3) is 5.91 Å². The molecule has 158 valence electrons. The number of amides is 1. The number of aryl methyl sites for hydroxylation is 2. The Labute approximate surface area is 170 Å². The lowest BCUT2D eigenvalue weighted by Gasteiger charge is -2.23. The summed E-state index contributed by atoms with van der Waals surface area (Å²) < 4.78 is 41.0. The molecular weight excluding hydrogens is 377 g/mol. The number of nitrogens with zero attached hydrogens (tertiary/aromatic N) is 1. The van der Waals surface area contributed by atoms with Crippen molar-refractivity contribution < 1.29 is 18.0 Å².